The molecule has 0 bridgehead atoms. The number of aliphatic imine (C=N–C) groups is 1. The van der Waals surface area contributed by atoms with Crippen LogP contribution in [0.5, 0.6) is 0 Å². The Hall–Kier alpha value is -1.51. The van der Waals surface area contributed by atoms with Gasteiger partial charge in [0, 0.05) is 20.1 Å². The second kappa shape index (κ2) is 7.74. The van der Waals surface area contributed by atoms with Crippen molar-refractivity contribution in [1.29, 1.82) is 0 Å². The van der Waals surface area contributed by atoms with E-state index in [1.165, 1.54) is 18.4 Å². The smallest absolute Gasteiger partial charge is 0.191 e. The van der Waals surface area contributed by atoms with E-state index in [9.17, 15) is 0 Å². The zero-order valence-electron chi connectivity index (χ0n) is 10.2. The normalized spacial score (nSPS) is 11.2. The number of benzene rings is 1. The van der Waals surface area contributed by atoms with Gasteiger partial charge in [0.15, 0.2) is 5.96 Å². The average Bonchev–Trinajstić information content (AvgIpc) is 2.35. The lowest BCUT2D eigenvalue weighted by Gasteiger charge is -2.11. The van der Waals surface area contributed by atoms with E-state index in [-0.39, 0.29) is 0 Å². The summed E-state index contributed by atoms with van der Waals surface area (Å²) in [5, 5.41) is 6.56. The third-order valence-corrected chi connectivity index (χ3v) is 2.35. The summed E-state index contributed by atoms with van der Waals surface area (Å²) in [5.74, 6) is 0.873. The quantitative estimate of drug-likeness (QED) is 0.452. The first-order chi connectivity index (χ1) is 7.86. The summed E-state index contributed by atoms with van der Waals surface area (Å²) in [4.78, 5) is 4.17. The van der Waals surface area contributed by atoms with Crippen LogP contribution in [-0.2, 0) is 6.54 Å². The van der Waals surface area contributed by atoms with Crippen molar-refractivity contribution in [2.45, 2.75) is 26.3 Å². The van der Waals surface area contributed by atoms with E-state index >= 15 is 0 Å². The summed E-state index contributed by atoms with van der Waals surface area (Å²) >= 11 is 0. The number of hydrogen-bond donors (Lipinski definition) is 2. The first-order valence-corrected chi connectivity index (χ1v) is 5.85. The van der Waals surface area contributed by atoms with Crippen LogP contribution in [0, 0.1) is 0 Å². The molecule has 0 aromatic heterocycles. The lowest BCUT2D eigenvalue weighted by atomic mass is 10.2. The largest absolute Gasteiger partial charge is 0.356 e. The van der Waals surface area contributed by atoms with Crippen LogP contribution in [0.25, 0.3) is 0 Å². The maximum Gasteiger partial charge on any atom is 0.191 e. The van der Waals surface area contributed by atoms with Crippen LogP contribution < -0.4 is 10.6 Å². The Labute approximate surface area is 98.0 Å². The molecule has 1 aromatic carbocycles. The molecule has 16 heavy (non-hydrogen) atoms. The Balaban J connectivity index is 2.29. The first-order valence-electron chi connectivity index (χ1n) is 5.85. The van der Waals surface area contributed by atoms with E-state index in [1.54, 1.807) is 7.05 Å². The molecule has 0 aliphatic rings. The molecule has 1 rings (SSSR count). The number of nitrogens with one attached hydrogen (secondary N) is 2. The zero-order chi connectivity index (χ0) is 11.6. The predicted molar refractivity (Wildman–Crippen MR) is 69.6 cm³/mol. The molecule has 0 aliphatic carbocycles. The minimum atomic E-state index is 0.812. The Morgan fingerprint density at radius 3 is 2.56 bits per heavy atom. The third-order valence-electron chi connectivity index (χ3n) is 2.35. The highest BCUT2D eigenvalue weighted by Crippen LogP contribution is 1.96. The van der Waals surface area contributed by atoms with E-state index in [4.69, 9.17) is 0 Å². The van der Waals surface area contributed by atoms with E-state index in [2.05, 4.69) is 34.7 Å². The second-order valence-corrected chi connectivity index (χ2v) is 3.69. The summed E-state index contributed by atoms with van der Waals surface area (Å²) in [6.07, 6.45) is 2.37. The molecule has 0 aliphatic heterocycles. The molecule has 88 valence electrons. The molecule has 0 unspecified atom stereocenters. The van der Waals surface area contributed by atoms with Gasteiger partial charge in [0.25, 0.3) is 0 Å². The van der Waals surface area contributed by atoms with Crippen molar-refractivity contribution in [3.63, 3.8) is 0 Å². The summed E-state index contributed by atoms with van der Waals surface area (Å²) in [5.41, 5.74) is 1.26. The highest BCUT2D eigenvalue weighted by molar-refractivity contribution is 5.79. The van der Waals surface area contributed by atoms with Gasteiger partial charge in [0.1, 0.15) is 0 Å². The van der Waals surface area contributed by atoms with Crippen LogP contribution >= 0.6 is 0 Å². The molecular formula is C13H21N3. The van der Waals surface area contributed by atoms with Crippen molar-refractivity contribution < 1.29 is 0 Å². The van der Waals surface area contributed by atoms with E-state index in [1.807, 2.05) is 18.2 Å². The second-order valence-electron chi connectivity index (χ2n) is 3.69. The maximum atomic E-state index is 4.17. The molecule has 3 heteroatoms. The van der Waals surface area contributed by atoms with Gasteiger partial charge in [-0.1, -0.05) is 43.7 Å². The summed E-state index contributed by atoms with van der Waals surface area (Å²) in [7, 11) is 1.80. The van der Waals surface area contributed by atoms with Crippen molar-refractivity contribution in [1.82, 2.24) is 10.6 Å². The number of unbranched alkanes of at least 4 members (excludes halogenated alkanes) is 1. The fourth-order valence-corrected chi connectivity index (χ4v) is 1.39. The van der Waals surface area contributed by atoms with E-state index in [0.717, 1.165) is 19.0 Å². The molecule has 0 fully saturated rings. The highest BCUT2D eigenvalue weighted by Gasteiger charge is 1.96. The lowest BCUT2D eigenvalue weighted by Crippen LogP contribution is -2.37. The van der Waals surface area contributed by atoms with Crippen LogP contribution in [0.1, 0.15) is 25.3 Å². The Morgan fingerprint density at radius 1 is 1.19 bits per heavy atom. The lowest BCUT2D eigenvalue weighted by molar-refractivity contribution is 0.729. The number of guanidine groups is 1. The van der Waals surface area contributed by atoms with E-state index < -0.39 is 0 Å². The van der Waals surface area contributed by atoms with Crippen molar-refractivity contribution in [3.05, 3.63) is 35.9 Å². The van der Waals surface area contributed by atoms with Crippen molar-refractivity contribution in [2.24, 2.45) is 4.99 Å². The summed E-state index contributed by atoms with van der Waals surface area (Å²) in [6.45, 7) is 3.97. The molecule has 0 atom stereocenters. The molecular weight excluding hydrogens is 198 g/mol. The molecule has 0 amide bonds. The zero-order valence-corrected chi connectivity index (χ0v) is 10.2. The Bertz CT molecular complexity index is 306. The predicted octanol–water partition coefficient (Wildman–Crippen LogP) is 2.15. The van der Waals surface area contributed by atoms with E-state index in [0.29, 0.717) is 0 Å². The van der Waals surface area contributed by atoms with Gasteiger partial charge in [-0.2, -0.15) is 0 Å². The molecule has 0 radical (unpaired) electrons. The van der Waals surface area contributed by atoms with Gasteiger partial charge in [-0.05, 0) is 12.0 Å². The van der Waals surface area contributed by atoms with Crippen molar-refractivity contribution in [2.75, 3.05) is 13.6 Å². The third kappa shape index (κ3) is 4.82. The van der Waals surface area contributed by atoms with Crippen LogP contribution in [0.3, 0.4) is 0 Å². The number of nitrogens with zero attached hydrogens (tertiary/aromatic N) is 1. The SMILES string of the molecule is CCCCNC(=NC)NCc1ccccc1. The topological polar surface area (TPSA) is 36.4 Å². The molecule has 2 N–H and O–H groups in total. The Kier molecular flexibility index (Phi) is 6.07. The molecule has 0 saturated heterocycles. The fraction of sp³-hybridized carbons (Fsp3) is 0.462. The molecule has 1 aromatic rings. The Morgan fingerprint density at radius 2 is 1.94 bits per heavy atom. The molecule has 0 spiro atoms. The van der Waals surface area contributed by atoms with Crippen LogP contribution in [0.2, 0.25) is 0 Å². The number of hydrogen-bond acceptors (Lipinski definition) is 1. The van der Waals surface area contributed by atoms with Gasteiger partial charge < -0.3 is 10.6 Å². The summed E-state index contributed by atoms with van der Waals surface area (Å²) in [6, 6.07) is 10.3. The minimum absolute atomic E-state index is 0.812. The molecule has 0 saturated carbocycles. The van der Waals surface area contributed by atoms with Crippen molar-refractivity contribution >= 4 is 5.96 Å². The molecule has 3 nitrogen and oxygen atoms in total. The first kappa shape index (κ1) is 12.6. The monoisotopic (exact) mass is 219 g/mol. The maximum absolute atomic E-state index is 4.17. The summed E-state index contributed by atoms with van der Waals surface area (Å²) < 4.78 is 0. The number of rotatable bonds is 5. The van der Waals surface area contributed by atoms with Gasteiger partial charge in [0.05, 0.1) is 0 Å². The van der Waals surface area contributed by atoms with Crippen LogP contribution in [-0.4, -0.2) is 19.6 Å². The van der Waals surface area contributed by atoms with Gasteiger partial charge in [-0.3, -0.25) is 4.99 Å². The van der Waals surface area contributed by atoms with Gasteiger partial charge in [0.2, 0.25) is 0 Å². The minimum Gasteiger partial charge on any atom is -0.356 e. The van der Waals surface area contributed by atoms with Crippen LogP contribution in [0.4, 0.5) is 0 Å². The fourth-order valence-electron chi connectivity index (χ4n) is 1.39. The van der Waals surface area contributed by atoms with Crippen molar-refractivity contribution in [3.8, 4) is 0 Å². The van der Waals surface area contributed by atoms with Gasteiger partial charge in [-0.25, -0.2) is 0 Å². The standard InChI is InChI=1S/C13H21N3/c1-3-4-10-15-13(14-2)16-11-12-8-6-5-7-9-12/h5-9H,3-4,10-11H2,1-2H3,(H2,14,15,16). The van der Waals surface area contributed by atoms with Gasteiger partial charge >= 0.3 is 0 Å². The average molecular weight is 219 g/mol. The van der Waals surface area contributed by atoms with Crippen LogP contribution in [0.15, 0.2) is 35.3 Å². The molecule has 0 heterocycles. The van der Waals surface area contributed by atoms with Gasteiger partial charge in [-0.15, -0.1) is 0 Å². The highest BCUT2D eigenvalue weighted by atomic mass is 15.2.